The Balaban J connectivity index is 2.39. The molecule has 0 bridgehead atoms. The number of ether oxygens (including phenoxy) is 1. The molecule has 1 aliphatic carbocycles. The summed E-state index contributed by atoms with van der Waals surface area (Å²) >= 11 is 0. The molecule has 0 spiro atoms. The van der Waals surface area contributed by atoms with Crippen LogP contribution in [-0.2, 0) is 14.3 Å². The third-order valence-electron chi connectivity index (χ3n) is 4.00. The number of nitrogens with one attached hydrogen (secondary N) is 1. The zero-order valence-corrected chi connectivity index (χ0v) is 13.0. The molecule has 1 rings (SSSR count). The maximum absolute atomic E-state index is 11.9. The standard InChI is InChI=1S/C15H28N2O4/c1-3-21-15(20)10(2)17-14(19)13(18)12(16)9-11-7-5-4-6-8-11/h10-13,18H,3-9,16H2,1-2H3,(H,17,19)/t10?,12-,13?/m1/s1. The quantitative estimate of drug-likeness (QED) is 0.601. The Morgan fingerprint density at radius 3 is 2.52 bits per heavy atom. The molecule has 0 aromatic rings. The van der Waals surface area contributed by atoms with Crippen LogP contribution in [0.3, 0.4) is 0 Å². The van der Waals surface area contributed by atoms with Crippen molar-refractivity contribution < 1.29 is 19.4 Å². The Morgan fingerprint density at radius 2 is 1.95 bits per heavy atom. The molecule has 0 aromatic heterocycles. The molecule has 21 heavy (non-hydrogen) atoms. The van der Waals surface area contributed by atoms with E-state index in [1.807, 2.05) is 0 Å². The van der Waals surface area contributed by atoms with Crippen molar-refractivity contribution in [3.63, 3.8) is 0 Å². The van der Waals surface area contributed by atoms with Crippen LogP contribution in [-0.4, -0.2) is 41.8 Å². The van der Waals surface area contributed by atoms with Crippen molar-refractivity contribution in [3.05, 3.63) is 0 Å². The first-order chi connectivity index (χ1) is 9.95. The van der Waals surface area contributed by atoms with E-state index >= 15 is 0 Å². The lowest BCUT2D eigenvalue weighted by Gasteiger charge is -2.27. The van der Waals surface area contributed by atoms with E-state index in [0.717, 1.165) is 12.8 Å². The minimum absolute atomic E-state index is 0.253. The second kappa shape index (κ2) is 9.00. The number of carbonyl (C=O) groups excluding carboxylic acids is 2. The number of aliphatic hydroxyl groups excluding tert-OH is 1. The maximum atomic E-state index is 11.9. The topological polar surface area (TPSA) is 102 Å². The fourth-order valence-corrected chi connectivity index (χ4v) is 2.76. The van der Waals surface area contributed by atoms with Gasteiger partial charge in [0.25, 0.3) is 5.91 Å². The molecule has 6 heteroatoms. The van der Waals surface area contributed by atoms with Crippen molar-refractivity contribution in [2.24, 2.45) is 11.7 Å². The molecule has 1 aliphatic rings. The van der Waals surface area contributed by atoms with Gasteiger partial charge in [-0.25, -0.2) is 4.79 Å². The number of nitrogens with two attached hydrogens (primary N) is 1. The lowest BCUT2D eigenvalue weighted by Crippen LogP contribution is -2.51. The highest BCUT2D eigenvalue weighted by Crippen LogP contribution is 2.27. The zero-order valence-electron chi connectivity index (χ0n) is 13.0. The molecule has 122 valence electrons. The van der Waals surface area contributed by atoms with Crippen molar-refractivity contribution in [1.82, 2.24) is 5.32 Å². The Kier molecular flexibility index (Phi) is 7.67. The number of hydrogen-bond donors (Lipinski definition) is 3. The van der Waals surface area contributed by atoms with Gasteiger partial charge in [0.05, 0.1) is 6.61 Å². The minimum Gasteiger partial charge on any atom is -0.464 e. The van der Waals surface area contributed by atoms with Gasteiger partial charge >= 0.3 is 5.97 Å². The number of carbonyl (C=O) groups is 2. The van der Waals surface area contributed by atoms with Crippen LogP contribution in [0.1, 0.15) is 52.4 Å². The van der Waals surface area contributed by atoms with Crippen molar-refractivity contribution >= 4 is 11.9 Å². The molecule has 0 saturated heterocycles. The summed E-state index contributed by atoms with van der Waals surface area (Å²) < 4.78 is 4.80. The summed E-state index contributed by atoms with van der Waals surface area (Å²) in [5.74, 6) is -0.642. The van der Waals surface area contributed by atoms with Crippen molar-refractivity contribution in [3.8, 4) is 0 Å². The maximum Gasteiger partial charge on any atom is 0.328 e. The highest BCUT2D eigenvalue weighted by molar-refractivity contribution is 5.87. The van der Waals surface area contributed by atoms with E-state index in [-0.39, 0.29) is 6.61 Å². The first kappa shape index (κ1) is 17.9. The largest absolute Gasteiger partial charge is 0.464 e. The van der Waals surface area contributed by atoms with E-state index in [0.29, 0.717) is 12.3 Å². The molecule has 6 nitrogen and oxygen atoms in total. The van der Waals surface area contributed by atoms with Crippen LogP contribution in [0, 0.1) is 5.92 Å². The van der Waals surface area contributed by atoms with Crippen LogP contribution in [0.15, 0.2) is 0 Å². The molecule has 0 heterocycles. The number of esters is 1. The molecule has 3 atom stereocenters. The second-order valence-corrected chi connectivity index (χ2v) is 5.83. The van der Waals surface area contributed by atoms with E-state index in [2.05, 4.69) is 5.32 Å². The lowest BCUT2D eigenvalue weighted by atomic mass is 9.84. The van der Waals surface area contributed by atoms with Crippen LogP contribution in [0.5, 0.6) is 0 Å². The molecule has 0 aromatic carbocycles. The summed E-state index contributed by atoms with van der Waals surface area (Å²) in [6.07, 6.45) is 5.22. The van der Waals surface area contributed by atoms with Gasteiger partial charge in [-0.3, -0.25) is 4.79 Å². The molecular weight excluding hydrogens is 272 g/mol. The van der Waals surface area contributed by atoms with Gasteiger partial charge in [0, 0.05) is 6.04 Å². The lowest BCUT2D eigenvalue weighted by molar-refractivity contribution is -0.148. The monoisotopic (exact) mass is 300 g/mol. The number of aliphatic hydroxyl groups is 1. The first-order valence-corrected chi connectivity index (χ1v) is 7.86. The number of hydrogen-bond acceptors (Lipinski definition) is 5. The number of amides is 1. The molecule has 2 unspecified atom stereocenters. The Bertz CT molecular complexity index is 343. The van der Waals surface area contributed by atoms with Crippen LogP contribution in [0.4, 0.5) is 0 Å². The van der Waals surface area contributed by atoms with Crippen LogP contribution in [0.2, 0.25) is 0 Å². The van der Waals surface area contributed by atoms with E-state index in [4.69, 9.17) is 10.5 Å². The summed E-state index contributed by atoms with van der Waals surface area (Å²) in [5.41, 5.74) is 5.93. The molecule has 0 aliphatic heterocycles. The van der Waals surface area contributed by atoms with Gasteiger partial charge in [0.1, 0.15) is 12.1 Å². The van der Waals surface area contributed by atoms with Crippen LogP contribution in [0.25, 0.3) is 0 Å². The fourth-order valence-electron chi connectivity index (χ4n) is 2.76. The van der Waals surface area contributed by atoms with Gasteiger partial charge in [0.15, 0.2) is 0 Å². The molecule has 1 saturated carbocycles. The van der Waals surface area contributed by atoms with Crippen LogP contribution >= 0.6 is 0 Å². The van der Waals surface area contributed by atoms with E-state index in [1.54, 1.807) is 6.92 Å². The average molecular weight is 300 g/mol. The molecular formula is C15H28N2O4. The van der Waals surface area contributed by atoms with Gasteiger partial charge < -0.3 is 20.9 Å². The third kappa shape index (κ3) is 6.01. The highest BCUT2D eigenvalue weighted by atomic mass is 16.5. The summed E-state index contributed by atoms with van der Waals surface area (Å²) in [7, 11) is 0. The first-order valence-electron chi connectivity index (χ1n) is 7.86. The Labute approximate surface area is 126 Å². The predicted octanol–water partition coefficient (Wildman–Crippen LogP) is 0.713. The predicted molar refractivity (Wildman–Crippen MR) is 79.4 cm³/mol. The van der Waals surface area contributed by atoms with Crippen molar-refractivity contribution in [2.45, 2.75) is 70.6 Å². The Hall–Kier alpha value is -1.14. The molecule has 4 N–H and O–H groups in total. The summed E-state index contributed by atoms with van der Waals surface area (Å²) in [6, 6.07) is -1.38. The normalized spacial score (nSPS) is 20.4. The summed E-state index contributed by atoms with van der Waals surface area (Å²) in [6.45, 7) is 3.47. The Morgan fingerprint density at radius 1 is 1.33 bits per heavy atom. The van der Waals surface area contributed by atoms with E-state index in [9.17, 15) is 14.7 Å². The minimum atomic E-state index is -1.29. The zero-order chi connectivity index (χ0) is 15.8. The van der Waals surface area contributed by atoms with E-state index < -0.39 is 30.1 Å². The smallest absolute Gasteiger partial charge is 0.328 e. The van der Waals surface area contributed by atoms with Crippen molar-refractivity contribution in [2.75, 3.05) is 6.61 Å². The van der Waals surface area contributed by atoms with Gasteiger partial charge in [-0.2, -0.15) is 0 Å². The third-order valence-corrected chi connectivity index (χ3v) is 4.00. The van der Waals surface area contributed by atoms with Gasteiger partial charge in [-0.05, 0) is 26.2 Å². The molecule has 1 amide bonds. The number of rotatable bonds is 7. The average Bonchev–Trinajstić information content (AvgIpc) is 2.47. The second-order valence-electron chi connectivity index (χ2n) is 5.83. The van der Waals surface area contributed by atoms with Crippen LogP contribution < -0.4 is 11.1 Å². The SMILES string of the molecule is CCOC(=O)C(C)NC(=O)C(O)[C@H](N)CC1CCCCC1. The van der Waals surface area contributed by atoms with Gasteiger partial charge in [-0.1, -0.05) is 32.1 Å². The molecule has 1 fully saturated rings. The van der Waals surface area contributed by atoms with Crippen molar-refractivity contribution in [1.29, 1.82) is 0 Å². The van der Waals surface area contributed by atoms with Gasteiger partial charge in [0.2, 0.25) is 0 Å². The fraction of sp³-hybridized carbons (Fsp3) is 0.867. The van der Waals surface area contributed by atoms with E-state index in [1.165, 1.54) is 26.2 Å². The van der Waals surface area contributed by atoms with Gasteiger partial charge in [-0.15, -0.1) is 0 Å². The summed E-state index contributed by atoms with van der Waals surface area (Å²) in [4.78, 5) is 23.3. The summed E-state index contributed by atoms with van der Waals surface area (Å²) in [5, 5.41) is 12.4. The molecule has 0 radical (unpaired) electrons. The highest BCUT2D eigenvalue weighted by Gasteiger charge is 2.28.